The molecular formula is C18H21N7O4. The number of aromatic nitrogens is 3. The number of hydrogen-bond donors (Lipinski definition) is 4. The highest BCUT2D eigenvalue weighted by Crippen LogP contribution is 2.42. The van der Waals surface area contributed by atoms with Crippen molar-refractivity contribution >= 4 is 34.7 Å². The summed E-state index contributed by atoms with van der Waals surface area (Å²) in [5.74, 6) is 3.00. The first-order valence-electron chi connectivity index (χ1n) is 8.93. The molecule has 3 heterocycles. The lowest BCUT2D eigenvalue weighted by atomic mass is 10.2. The molecule has 0 saturated heterocycles. The summed E-state index contributed by atoms with van der Waals surface area (Å²) in [5, 5.41) is 15.8. The van der Waals surface area contributed by atoms with Crippen molar-refractivity contribution in [3.8, 4) is 17.2 Å². The summed E-state index contributed by atoms with van der Waals surface area (Å²) in [5.41, 5.74) is 1.59. The maximum atomic E-state index is 11.7. The van der Waals surface area contributed by atoms with Crippen LogP contribution in [0.15, 0.2) is 24.4 Å². The Morgan fingerprint density at radius 3 is 2.76 bits per heavy atom. The first-order valence-corrected chi connectivity index (χ1v) is 8.93. The number of benzene rings is 1. The fourth-order valence-electron chi connectivity index (χ4n) is 2.96. The van der Waals surface area contributed by atoms with E-state index in [-0.39, 0.29) is 6.03 Å². The van der Waals surface area contributed by atoms with Crippen molar-refractivity contribution in [2.45, 2.75) is 0 Å². The van der Waals surface area contributed by atoms with Gasteiger partial charge in [0.1, 0.15) is 36.3 Å². The second-order valence-corrected chi connectivity index (χ2v) is 6.10. The van der Waals surface area contributed by atoms with Gasteiger partial charge < -0.3 is 35.5 Å². The molecule has 152 valence electrons. The van der Waals surface area contributed by atoms with Gasteiger partial charge in [0.15, 0.2) is 17.1 Å². The van der Waals surface area contributed by atoms with Crippen LogP contribution in [0, 0.1) is 0 Å². The van der Waals surface area contributed by atoms with E-state index in [1.807, 2.05) is 0 Å². The summed E-state index contributed by atoms with van der Waals surface area (Å²) >= 11 is 0. The smallest absolute Gasteiger partial charge is 0.319 e. The Morgan fingerprint density at radius 1 is 1.17 bits per heavy atom. The van der Waals surface area contributed by atoms with Crippen LogP contribution in [0.3, 0.4) is 0 Å². The Labute approximate surface area is 166 Å². The molecule has 0 atom stereocenters. The Bertz CT molecular complexity index is 1070. The average Bonchev–Trinajstić information content (AvgIpc) is 3.15. The number of anilines is 4. The van der Waals surface area contributed by atoms with Crippen molar-refractivity contribution in [3.05, 3.63) is 24.4 Å². The molecule has 3 aromatic rings. The monoisotopic (exact) mass is 399 g/mol. The number of fused-ring (bicyclic) bond motifs is 2. The lowest BCUT2D eigenvalue weighted by Crippen LogP contribution is -2.24. The third-order valence-electron chi connectivity index (χ3n) is 4.32. The van der Waals surface area contributed by atoms with Gasteiger partial charge in [0.05, 0.1) is 19.0 Å². The Hall–Kier alpha value is -3.89. The number of carbonyl (C=O) groups is 1. The third kappa shape index (κ3) is 3.49. The standard InChI is InChI=1S/C18H21N7O4/c1-19-15-8-14(24-17-12(9-21-25(15)17)23-18(26)20-2)22-11-6-10(27-3)7-13-16(11)29-5-4-28-13/h6-9,19H,4-5H2,1-3H3,(H,22,24)(H2,20,23,26). The number of ether oxygens (including phenoxy) is 3. The van der Waals surface area contributed by atoms with Gasteiger partial charge in [-0.25, -0.2) is 9.78 Å². The van der Waals surface area contributed by atoms with Crippen molar-refractivity contribution in [2.24, 2.45) is 0 Å². The summed E-state index contributed by atoms with van der Waals surface area (Å²) < 4.78 is 18.4. The SMILES string of the molecule is CNC(=O)Nc1cnn2c(NC)cc(Nc3cc(OC)cc4c3OCCO4)nc12. The normalized spacial score (nSPS) is 12.4. The molecule has 11 heteroatoms. The Morgan fingerprint density at radius 2 is 2.00 bits per heavy atom. The highest BCUT2D eigenvalue weighted by atomic mass is 16.6. The minimum atomic E-state index is -0.363. The molecule has 1 aromatic carbocycles. The molecule has 0 aliphatic carbocycles. The summed E-state index contributed by atoms with van der Waals surface area (Å²) in [6.45, 7) is 0.920. The van der Waals surface area contributed by atoms with Crippen LogP contribution in [0.25, 0.3) is 5.65 Å². The van der Waals surface area contributed by atoms with Crippen LogP contribution >= 0.6 is 0 Å². The van der Waals surface area contributed by atoms with Crippen molar-refractivity contribution in [2.75, 3.05) is 50.4 Å². The zero-order valence-electron chi connectivity index (χ0n) is 16.2. The largest absolute Gasteiger partial charge is 0.497 e. The third-order valence-corrected chi connectivity index (χ3v) is 4.32. The van der Waals surface area contributed by atoms with Gasteiger partial charge in [0.25, 0.3) is 0 Å². The lowest BCUT2D eigenvalue weighted by molar-refractivity contribution is 0.172. The van der Waals surface area contributed by atoms with E-state index in [2.05, 4.69) is 31.3 Å². The molecule has 0 saturated carbocycles. The van der Waals surface area contributed by atoms with Crippen LogP contribution in [0.5, 0.6) is 17.2 Å². The van der Waals surface area contributed by atoms with Crippen LogP contribution in [-0.2, 0) is 0 Å². The van der Waals surface area contributed by atoms with E-state index >= 15 is 0 Å². The Balaban J connectivity index is 1.76. The van der Waals surface area contributed by atoms with Crippen molar-refractivity contribution < 1.29 is 19.0 Å². The molecule has 4 rings (SSSR count). The van der Waals surface area contributed by atoms with Crippen molar-refractivity contribution in [1.29, 1.82) is 0 Å². The molecule has 2 amide bonds. The maximum Gasteiger partial charge on any atom is 0.319 e. The van der Waals surface area contributed by atoms with Gasteiger partial charge in [-0.15, -0.1) is 0 Å². The number of methoxy groups -OCH3 is 1. The Kier molecular flexibility index (Phi) is 4.85. The van der Waals surface area contributed by atoms with E-state index in [1.54, 1.807) is 36.9 Å². The summed E-state index contributed by atoms with van der Waals surface area (Å²) in [6, 6.07) is 5.01. The second kappa shape index (κ2) is 7.62. The number of urea groups is 1. The summed E-state index contributed by atoms with van der Waals surface area (Å²) in [4.78, 5) is 16.3. The molecule has 0 spiro atoms. The molecular weight excluding hydrogens is 378 g/mol. The zero-order chi connectivity index (χ0) is 20.4. The summed E-state index contributed by atoms with van der Waals surface area (Å²) in [7, 11) is 4.90. The van der Waals surface area contributed by atoms with Crippen molar-refractivity contribution in [3.63, 3.8) is 0 Å². The van der Waals surface area contributed by atoms with E-state index in [4.69, 9.17) is 14.2 Å². The number of hydrogen-bond acceptors (Lipinski definition) is 8. The van der Waals surface area contributed by atoms with Crippen LogP contribution in [-0.4, -0.2) is 55.0 Å². The molecule has 0 radical (unpaired) electrons. The predicted octanol–water partition coefficient (Wildman–Crippen LogP) is 2.05. The van der Waals surface area contributed by atoms with Crippen LogP contribution in [0.1, 0.15) is 0 Å². The molecule has 4 N–H and O–H groups in total. The molecule has 1 aliphatic rings. The van der Waals surface area contributed by atoms with Gasteiger partial charge in [-0.05, 0) is 0 Å². The molecule has 29 heavy (non-hydrogen) atoms. The molecule has 0 bridgehead atoms. The molecule has 0 unspecified atom stereocenters. The predicted molar refractivity (Wildman–Crippen MR) is 108 cm³/mol. The quantitative estimate of drug-likeness (QED) is 0.514. The number of amides is 2. The second-order valence-electron chi connectivity index (χ2n) is 6.10. The topological polar surface area (TPSA) is 123 Å². The van der Waals surface area contributed by atoms with E-state index in [9.17, 15) is 4.79 Å². The zero-order valence-corrected chi connectivity index (χ0v) is 16.2. The van der Waals surface area contributed by atoms with Gasteiger partial charge in [-0.1, -0.05) is 0 Å². The van der Waals surface area contributed by atoms with Crippen LogP contribution in [0.4, 0.5) is 27.8 Å². The molecule has 0 fully saturated rings. The van der Waals surface area contributed by atoms with Crippen LogP contribution < -0.4 is 35.5 Å². The fraction of sp³-hybridized carbons (Fsp3) is 0.278. The minimum absolute atomic E-state index is 0.363. The minimum Gasteiger partial charge on any atom is -0.497 e. The lowest BCUT2D eigenvalue weighted by Gasteiger charge is -2.22. The van der Waals surface area contributed by atoms with E-state index < -0.39 is 0 Å². The van der Waals surface area contributed by atoms with Gasteiger partial charge in [0.2, 0.25) is 0 Å². The average molecular weight is 399 g/mol. The first-order chi connectivity index (χ1) is 14.1. The summed E-state index contributed by atoms with van der Waals surface area (Å²) in [6.07, 6.45) is 1.53. The first kappa shape index (κ1) is 18.5. The fourth-order valence-corrected chi connectivity index (χ4v) is 2.96. The van der Waals surface area contributed by atoms with E-state index in [1.165, 1.54) is 13.2 Å². The van der Waals surface area contributed by atoms with Gasteiger partial charge in [-0.2, -0.15) is 9.61 Å². The maximum absolute atomic E-state index is 11.7. The van der Waals surface area contributed by atoms with Gasteiger partial charge >= 0.3 is 6.03 Å². The molecule has 11 nitrogen and oxygen atoms in total. The number of nitrogens with one attached hydrogen (secondary N) is 4. The van der Waals surface area contributed by atoms with Gasteiger partial charge in [-0.3, -0.25) is 0 Å². The number of nitrogens with zero attached hydrogens (tertiary/aromatic N) is 3. The van der Waals surface area contributed by atoms with Crippen LogP contribution in [0.2, 0.25) is 0 Å². The number of rotatable bonds is 5. The van der Waals surface area contributed by atoms with E-state index in [0.717, 1.165) is 0 Å². The highest BCUT2D eigenvalue weighted by molar-refractivity contribution is 5.93. The van der Waals surface area contributed by atoms with Gasteiger partial charge in [0, 0.05) is 32.3 Å². The van der Waals surface area contributed by atoms with E-state index in [0.29, 0.717) is 59.1 Å². The molecule has 1 aliphatic heterocycles. The highest BCUT2D eigenvalue weighted by Gasteiger charge is 2.20. The molecule has 2 aromatic heterocycles. The number of carbonyl (C=O) groups excluding carboxylic acids is 1. The van der Waals surface area contributed by atoms with Crippen molar-refractivity contribution in [1.82, 2.24) is 19.9 Å².